The van der Waals surface area contributed by atoms with Crippen molar-refractivity contribution in [2.24, 2.45) is 10.7 Å². The van der Waals surface area contributed by atoms with Gasteiger partial charge in [-0.25, -0.2) is 0 Å². The van der Waals surface area contributed by atoms with Crippen LogP contribution in [0, 0.1) is 0 Å². The molecular weight excluding hydrogens is 124 g/mol. The number of rotatable bonds is 5. The zero-order valence-electron chi connectivity index (χ0n) is 7.06. The summed E-state index contributed by atoms with van der Waals surface area (Å²) in [6.07, 6.45) is 4.42. The molecule has 0 aromatic rings. The van der Waals surface area contributed by atoms with E-state index in [1.165, 1.54) is 12.8 Å². The second-order valence-corrected chi connectivity index (χ2v) is 2.48. The normalized spacial score (nSPS) is 12.0. The molecule has 0 amide bonds. The smallest absolute Gasteiger partial charge is 0.0937 e. The lowest BCUT2D eigenvalue weighted by molar-refractivity contribution is 0.821. The first-order valence-electron chi connectivity index (χ1n) is 4.10. The fraction of sp³-hybridized carbons (Fsp3) is 0.875. The lowest BCUT2D eigenvalue weighted by atomic mass is 10.2. The molecule has 0 atom stereocenters. The quantitative estimate of drug-likeness (QED) is 0.462. The number of aliphatic imine (C=N–C) groups is 1. The molecule has 0 saturated heterocycles. The Morgan fingerprint density at radius 1 is 1.30 bits per heavy atom. The lowest BCUT2D eigenvalue weighted by Gasteiger charge is -1.96. The van der Waals surface area contributed by atoms with Gasteiger partial charge in [0.2, 0.25) is 0 Å². The van der Waals surface area contributed by atoms with Crippen LogP contribution in [0.5, 0.6) is 0 Å². The minimum atomic E-state index is 0.823. The maximum absolute atomic E-state index is 5.60. The standard InChI is InChI=1S/C8H18N2/c1-3-5-6-8(9)10-7-4-2/h3-7H2,1-2H3,(H2,9,10). The summed E-state index contributed by atoms with van der Waals surface area (Å²) in [4.78, 5) is 4.17. The third-order valence-electron chi connectivity index (χ3n) is 1.32. The minimum Gasteiger partial charge on any atom is -0.387 e. The number of hydrogen-bond donors (Lipinski definition) is 1. The van der Waals surface area contributed by atoms with Crippen molar-refractivity contribution >= 4 is 5.84 Å². The molecule has 2 nitrogen and oxygen atoms in total. The molecule has 0 radical (unpaired) electrons. The highest BCUT2D eigenvalue weighted by atomic mass is 14.8. The van der Waals surface area contributed by atoms with Crippen molar-refractivity contribution in [3.05, 3.63) is 0 Å². The largest absolute Gasteiger partial charge is 0.387 e. The van der Waals surface area contributed by atoms with E-state index in [0.29, 0.717) is 0 Å². The van der Waals surface area contributed by atoms with Crippen LogP contribution in [0.1, 0.15) is 39.5 Å². The summed E-state index contributed by atoms with van der Waals surface area (Å²) in [5.41, 5.74) is 5.60. The molecule has 0 aliphatic carbocycles. The van der Waals surface area contributed by atoms with E-state index in [4.69, 9.17) is 5.73 Å². The van der Waals surface area contributed by atoms with E-state index < -0.39 is 0 Å². The maximum atomic E-state index is 5.60. The molecule has 0 bridgehead atoms. The first-order valence-corrected chi connectivity index (χ1v) is 4.10. The number of amidine groups is 1. The molecule has 2 N–H and O–H groups in total. The van der Waals surface area contributed by atoms with E-state index in [1.807, 2.05) is 0 Å². The van der Waals surface area contributed by atoms with Gasteiger partial charge in [0.05, 0.1) is 5.84 Å². The fourth-order valence-electron chi connectivity index (χ4n) is 0.692. The Morgan fingerprint density at radius 3 is 2.50 bits per heavy atom. The van der Waals surface area contributed by atoms with Crippen molar-refractivity contribution in [2.45, 2.75) is 39.5 Å². The topological polar surface area (TPSA) is 38.4 Å². The van der Waals surface area contributed by atoms with Gasteiger partial charge in [0.1, 0.15) is 0 Å². The molecule has 0 rings (SSSR count). The van der Waals surface area contributed by atoms with E-state index in [0.717, 1.165) is 25.2 Å². The van der Waals surface area contributed by atoms with Gasteiger partial charge in [0.25, 0.3) is 0 Å². The minimum absolute atomic E-state index is 0.823. The molecule has 60 valence electrons. The monoisotopic (exact) mass is 142 g/mol. The second-order valence-electron chi connectivity index (χ2n) is 2.48. The first kappa shape index (κ1) is 9.47. The fourth-order valence-corrected chi connectivity index (χ4v) is 0.692. The summed E-state index contributed by atoms with van der Waals surface area (Å²) in [5.74, 6) is 0.823. The predicted octanol–water partition coefficient (Wildman–Crippen LogP) is 1.94. The van der Waals surface area contributed by atoms with Crippen LogP contribution >= 0.6 is 0 Å². The SMILES string of the molecule is CCCC/C(N)=N\CCC. The zero-order valence-corrected chi connectivity index (χ0v) is 7.06. The van der Waals surface area contributed by atoms with Crippen molar-refractivity contribution in [3.8, 4) is 0 Å². The third-order valence-corrected chi connectivity index (χ3v) is 1.32. The summed E-state index contributed by atoms with van der Waals surface area (Å²) >= 11 is 0. The molecular formula is C8H18N2. The van der Waals surface area contributed by atoms with Gasteiger partial charge in [-0.05, 0) is 12.8 Å². The Labute approximate surface area is 63.5 Å². The molecule has 10 heavy (non-hydrogen) atoms. The van der Waals surface area contributed by atoms with Crippen molar-refractivity contribution in [3.63, 3.8) is 0 Å². The van der Waals surface area contributed by atoms with E-state index in [1.54, 1.807) is 0 Å². The molecule has 0 fully saturated rings. The van der Waals surface area contributed by atoms with Gasteiger partial charge < -0.3 is 5.73 Å². The zero-order chi connectivity index (χ0) is 7.82. The Kier molecular flexibility index (Phi) is 6.24. The van der Waals surface area contributed by atoms with Crippen LogP contribution in [0.15, 0.2) is 4.99 Å². The molecule has 0 aliphatic rings. The Morgan fingerprint density at radius 2 is 2.00 bits per heavy atom. The average Bonchev–Trinajstić information content (AvgIpc) is 1.97. The van der Waals surface area contributed by atoms with Gasteiger partial charge >= 0.3 is 0 Å². The Bertz CT molecular complexity index is 97.4. The molecule has 0 heterocycles. The number of hydrogen-bond acceptors (Lipinski definition) is 1. The summed E-state index contributed by atoms with van der Waals surface area (Å²) < 4.78 is 0. The van der Waals surface area contributed by atoms with Gasteiger partial charge in [0, 0.05) is 13.0 Å². The summed E-state index contributed by atoms with van der Waals surface area (Å²) in [6, 6.07) is 0. The van der Waals surface area contributed by atoms with Crippen LogP contribution in [0.25, 0.3) is 0 Å². The highest BCUT2D eigenvalue weighted by Gasteiger charge is 1.88. The van der Waals surface area contributed by atoms with Gasteiger partial charge in [-0.15, -0.1) is 0 Å². The van der Waals surface area contributed by atoms with Crippen LogP contribution in [0.2, 0.25) is 0 Å². The molecule has 2 heteroatoms. The van der Waals surface area contributed by atoms with E-state index in [9.17, 15) is 0 Å². The van der Waals surface area contributed by atoms with Crippen molar-refractivity contribution in [1.29, 1.82) is 0 Å². The first-order chi connectivity index (χ1) is 4.81. The van der Waals surface area contributed by atoms with Crippen LogP contribution in [0.4, 0.5) is 0 Å². The highest BCUT2D eigenvalue weighted by molar-refractivity contribution is 5.80. The highest BCUT2D eigenvalue weighted by Crippen LogP contribution is 1.93. The van der Waals surface area contributed by atoms with Gasteiger partial charge in [-0.1, -0.05) is 20.3 Å². The lowest BCUT2D eigenvalue weighted by Crippen LogP contribution is -2.11. The number of nitrogens with two attached hydrogens (primary N) is 1. The van der Waals surface area contributed by atoms with Gasteiger partial charge in [0.15, 0.2) is 0 Å². The van der Waals surface area contributed by atoms with Crippen LogP contribution < -0.4 is 5.73 Å². The molecule has 0 aliphatic heterocycles. The van der Waals surface area contributed by atoms with Gasteiger partial charge in [-0.3, -0.25) is 4.99 Å². The van der Waals surface area contributed by atoms with Crippen molar-refractivity contribution < 1.29 is 0 Å². The van der Waals surface area contributed by atoms with E-state index >= 15 is 0 Å². The molecule has 0 aromatic heterocycles. The average molecular weight is 142 g/mol. The number of unbranched alkanes of at least 4 members (excludes halogenated alkanes) is 1. The molecule has 0 unspecified atom stereocenters. The van der Waals surface area contributed by atoms with Crippen molar-refractivity contribution in [2.75, 3.05) is 6.54 Å². The number of nitrogens with zero attached hydrogens (tertiary/aromatic N) is 1. The van der Waals surface area contributed by atoms with Crippen LogP contribution in [-0.4, -0.2) is 12.4 Å². The van der Waals surface area contributed by atoms with Crippen LogP contribution in [-0.2, 0) is 0 Å². The third kappa shape index (κ3) is 5.60. The Balaban J connectivity index is 3.30. The van der Waals surface area contributed by atoms with Crippen molar-refractivity contribution in [1.82, 2.24) is 0 Å². The van der Waals surface area contributed by atoms with Crippen LogP contribution in [0.3, 0.4) is 0 Å². The summed E-state index contributed by atoms with van der Waals surface area (Å²) in [7, 11) is 0. The molecule has 0 spiro atoms. The summed E-state index contributed by atoms with van der Waals surface area (Å²) in [5, 5.41) is 0. The second kappa shape index (κ2) is 6.59. The van der Waals surface area contributed by atoms with Gasteiger partial charge in [-0.2, -0.15) is 0 Å². The maximum Gasteiger partial charge on any atom is 0.0937 e. The Hall–Kier alpha value is -0.530. The predicted molar refractivity (Wildman–Crippen MR) is 46.3 cm³/mol. The molecule has 0 saturated carbocycles. The molecule has 0 aromatic carbocycles. The van der Waals surface area contributed by atoms with E-state index in [-0.39, 0.29) is 0 Å². The van der Waals surface area contributed by atoms with E-state index in [2.05, 4.69) is 18.8 Å². The summed E-state index contributed by atoms with van der Waals surface area (Å²) in [6.45, 7) is 5.15.